The Labute approximate surface area is 164 Å². The number of anilines is 1. The van der Waals surface area contributed by atoms with Gasteiger partial charge in [-0.2, -0.15) is 0 Å². The minimum atomic E-state index is -1.87. The summed E-state index contributed by atoms with van der Waals surface area (Å²) in [6, 6.07) is 7.87. The van der Waals surface area contributed by atoms with Gasteiger partial charge in [0.1, 0.15) is 17.9 Å². The molecule has 1 aromatic carbocycles. The third kappa shape index (κ3) is 2.27. The number of nitrogens with two attached hydrogens (primary N) is 1. The number of hydrogen-bond donors (Lipinski definition) is 2. The molecule has 2 aliphatic rings. The maximum Gasteiger partial charge on any atom is 0.341 e. The van der Waals surface area contributed by atoms with E-state index in [-0.39, 0.29) is 22.8 Å². The van der Waals surface area contributed by atoms with E-state index in [2.05, 4.69) is 0 Å². The van der Waals surface area contributed by atoms with Crippen molar-refractivity contribution < 1.29 is 28.6 Å². The number of carbonyl (C=O) groups is 2. The molecule has 0 aliphatic carbocycles. The number of benzene rings is 1. The first-order valence-corrected chi connectivity index (χ1v) is 8.87. The minimum absolute atomic E-state index is 0.0818. The highest BCUT2D eigenvalue weighted by molar-refractivity contribution is 6.18. The molecule has 1 spiro atoms. The van der Waals surface area contributed by atoms with Crippen LogP contribution in [0.3, 0.4) is 0 Å². The second-order valence-corrected chi connectivity index (χ2v) is 6.54. The van der Waals surface area contributed by atoms with E-state index in [0.717, 1.165) is 13.2 Å². The second-order valence-electron chi connectivity index (χ2n) is 6.54. The minimum Gasteiger partial charge on any atom is -0.465 e. The summed E-state index contributed by atoms with van der Waals surface area (Å²) in [6.07, 6.45) is 0. The van der Waals surface area contributed by atoms with Crippen LogP contribution in [-0.4, -0.2) is 30.6 Å². The molecule has 0 unspecified atom stereocenters. The lowest BCUT2D eigenvalue weighted by Gasteiger charge is -2.34. The maximum absolute atomic E-state index is 13.8. The van der Waals surface area contributed by atoms with Crippen LogP contribution in [0.2, 0.25) is 0 Å². The molecule has 9 heteroatoms. The molecule has 1 atom stereocenters. The summed E-state index contributed by atoms with van der Waals surface area (Å²) in [5.74, 6) is -2.46. The van der Waals surface area contributed by atoms with Crippen molar-refractivity contribution in [2.24, 2.45) is 5.73 Å². The summed E-state index contributed by atoms with van der Waals surface area (Å²) >= 11 is 0. The van der Waals surface area contributed by atoms with Crippen LogP contribution in [0.5, 0.6) is 5.75 Å². The highest BCUT2D eigenvalue weighted by Crippen LogP contribution is 2.54. The molecule has 29 heavy (non-hydrogen) atoms. The molecule has 4 rings (SSSR count). The van der Waals surface area contributed by atoms with Crippen LogP contribution in [0, 0.1) is 0 Å². The van der Waals surface area contributed by atoms with Crippen LogP contribution < -0.4 is 20.8 Å². The Bertz CT molecular complexity index is 1130. The highest BCUT2D eigenvalue weighted by atomic mass is 16.5. The number of amides is 1. The van der Waals surface area contributed by atoms with Crippen LogP contribution in [0.1, 0.15) is 24.0 Å². The number of rotatable bonds is 3. The number of aliphatic hydroxyl groups is 1. The molecule has 1 aromatic heterocycles. The first-order chi connectivity index (χ1) is 13.9. The number of fused-ring (bicyclic) bond motifs is 4. The fourth-order valence-electron chi connectivity index (χ4n) is 4.00. The van der Waals surface area contributed by atoms with E-state index in [1.807, 2.05) is 0 Å². The van der Waals surface area contributed by atoms with Crippen molar-refractivity contribution in [3.05, 3.63) is 69.1 Å². The summed E-state index contributed by atoms with van der Waals surface area (Å²) in [7, 11) is 1.15. The Morgan fingerprint density at radius 1 is 1.31 bits per heavy atom. The van der Waals surface area contributed by atoms with Crippen LogP contribution >= 0.6 is 0 Å². The Morgan fingerprint density at radius 3 is 2.69 bits per heavy atom. The van der Waals surface area contributed by atoms with Gasteiger partial charge in [-0.05, 0) is 13.0 Å². The number of esters is 1. The molecule has 0 saturated heterocycles. The molecule has 0 bridgehead atoms. The Morgan fingerprint density at radius 2 is 2.03 bits per heavy atom. The largest absolute Gasteiger partial charge is 0.465 e. The number of hydrogen-bond acceptors (Lipinski definition) is 8. The van der Waals surface area contributed by atoms with Crippen LogP contribution in [-0.2, 0) is 26.3 Å². The van der Waals surface area contributed by atoms with Gasteiger partial charge in [-0.3, -0.25) is 9.59 Å². The molecule has 1 amide bonds. The fraction of sp³-hybridized carbons (Fsp3) is 0.250. The van der Waals surface area contributed by atoms with E-state index in [4.69, 9.17) is 19.6 Å². The molecule has 2 aliphatic heterocycles. The van der Waals surface area contributed by atoms with Gasteiger partial charge in [-0.15, -0.1) is 0 Å². The molecular weight excluding hydrogens is 380 g/mol. The molecule has 9 nitrogen and oxygen atoms in total. The second kappa shape index (κ2) is 6.49. The van der Waals surface area contributed by atoms with E-state index < -0.39 is 35.2 Å². The Balaban J connectivity index is 2.20. The molecule has 0 radical (unpaired) electrons. The van der Waals surface area contributed by atoms with Gasteiger partial charge in [0.05, 0.1) is 7.11 Å². The topological polar surface area (TPSA) is 132 Å². The zero-order valence-electron chi connectivity index (χ0n) is 15.7. The van der Waals surface area contributed by atoms with Crippen molar-refractivity contribution in [2.75, 3.05) is 18.6 Å². The van der Waals surface area contributed by atoms with Gasteiger partial charge in [0, 0.05) is 23.9 Å². The van der Waals surface area contributed by atoms with Gasteiger partial charge in [-0.25, -0.2) is 4.79 Å². The summed E-state index contributed by atoms with van der Waals surface area (Å²) in [6.45, 7) is 1.49. The number of ether oxygens (including phenoxy) is 2. The zero-order chi connectivity index (χ0) is 20.9. The number of likely N-dealkylation sites (N-methyl/N-ethyl adjacent to an activating group) is 1. The summed E-state index contributed by atoms with van der Waals surface area (Å²) in [5, 5.41) is 9.53. The standard InChI is InChI=1S/C20H18N2O7/c1-3-22-12-7-5-4-6-11(12)20(19(22)26)14(18(25)27-2)17(21)29-15-13(24)8-10(9-23)28-16(15)20/h4-8,23H,3,9,21H2,1-2H3/t20-/m0/s1. The third-order valence-electron chi connectivity index (χ3n) is 5.16. The van der Waals surface area contributed by atoms with Gasteiger partial charge >= 0.3 is 5.97 Å². The Hall–Kier alpha value is -3.59. The predicted molar refractivity (Wildman–Crippen MR) is 100 cm³/mol. The molecule has 150 valence electrons. The predicted octanol–water partition coefficient (Wildman–Crippen LogP) is 0.520. The number of nitrogens with zero attached hydrogens (tertiary/aromatic N) is 1. The molecule has 0 saturated carbocycles. The van der Waals surface area contributed by atoms with Crippen molar-refractivity contribution in [3.63, 3.8) is 0 Å². The van der Waals surface area contributed by atoms with Gasteiger partial charge in [-0.1, -0.05) is 18.2 Å². The van der Waals surface area contributed by atoms with Crippen LogP contribution in [0.4, 0.5) is 5.69 Å². The van der Waals surface area contributed by atoms with E-state index in [1.54, 1.807) is 31.2 Å². The summed E-state index contributed by atoms with van der Waals surface area (Å²) < 4.78 is 16.0. The van der Waals surface area contributed by atoms with Gasteiger partial charge in [0.2, 0.25) is 17.1 Å². The fourth-order valence-corrected chi connectivity index (χ4v) is 4.00. The number of carbonyl (C=O) groups excluding carboxylic acids is 2. The lowest BCUT2D eigenvalue weighted by molar-refractivity contribution is -0.138. The number of aliphatic hydroxyl groups excluding tert-OH is 1. The first-order valence-electron chi connectivity index (χ1n) is 8.87. The van der Waals surface area contributed by atoms with Gasteiger partial charge < -0.3 is 29.6 Å². The highest BCUT2D eigenvalue weighted by Gasteiger charge is 2.63. The maximum atomic E-state index is 13.8. The molecule has 0 fully saturated rings. The monoisotopic (exact) mass is 398 g/mol. The van der Waals surface area contributed by atoms with Crippen molar-refractivity contribution in [1.82, 2.24) is 0 Å². The lowest BCUT2D eigenvalue weighted by atomic mass is 9.71. The van der Waals surface area contributed by atoms with E-state index >= 15 is 0 Å². The van der Waals surface area contributed by atoms with E-state index in [1.165, 1.54) is 4.90 Å². The first kappa shape index (κ1) is 18.8. The lowest BCUT2D eigenvalue weighted by Crippen LogP contribution is -2.49. The zero-order valence-corrected chi connectivity index (χ0v) is 15.7. The van der Waals surface area contributed by atoms with Gasteiger partial charge in [0.15, 0.2) is 11.2 Å². The van der Waals surface area contributed by atoms with Crippen LogP contribution in [0.15, 0.2) is 51.0 Å². The summed E-state index contributed by atoms with van der Waals surface area (Å²) in [4.78, 5) is 40.6. The van der Waals surface area contributed by atoms with Crippen LogP contribution in [0.25, 0.3) is 0 Å². The number of para-hydroxylation sites is 1. The van der Waals surface area contributed by atoms with E-state index in [9.17, 15) is 19.5 Å². The Kier molecular flexibility index (Phi) is 4.20. The van der Waals surface area contributed by atoms with Gasteiger partial charge in [0.25, 0.3) is 5.91 Å². The molecular formula is C20H18N2O7. The van der Waals surface area contributed by atoms with E-state index in [0.29, 0.717) is 17.8 Å². The molecule has 3 N–H and O–H groups in total. The molecule has 2 aromatic rings. The normalized spacial score (nSPS) is 19.8. The van der Waals surface area contributed by atoms with Crippen molar-refractivity contribution in [2.45, 2.75) is 18.9 Å². The quantitative estimate of drug-likeness (QED) is 0.715. The third-order valence-corrected chi connectivity index (χ3v) is 5.16. The SMILES string of the molecule is CCN1C(=O)[C@]2(C(C(=O)OC)=C(N)Oc3c2oc(CO)cc3=O)c2ccccc21. The number of methoxy groups -OCH3 is 1. The average molecular weight is 398 g/mol. The van der Waals surface area contributed by atoms with Crippen molar-refractivity contribution >= 4 is 17.6 Å². The average Bonchev–Trinajstić information content (AvgIpc) is 2.97. The smallest absolute Gasteiger partial charge is 0.341 e. The van der Waals surface area contributed by atoms with Crippen molar-refractivity contribution in [1.29, 1.82) is 0 Å². The van der Waals surface area contributed by atoms with Crippen molar-refractivity contribution in [3.8, 4) is 5.75 Å². The molecule has 3 heterocycles. The summed E-state index contributed by atoms with van der Waals surface area (Å²) in [5.41, 5.74) is 4.18.